The van der Waals surface area contributed by atoms with Gasteiger partial charge in [-0.1, -0.05) is 6.92 Å². The molecule has 0 saturated carbocycles. The Hall–Kier alpha value is -0.160. The zero-order chi connectivity index (χ0) is 7.49. The van der Waals surface area contributed by atoms with Gasteiger partial charge in [-0.25, -0.2) is 0 Å². The standard InChI is InChI=1S/C4H9FO3S/c1-4(2-5)3-9(6,7)8/h4H,2-3H2,1H3,(H,6,7,8). The summed E-state index contributed by atoms with van der Waals surface area (Å²) in [5, 5.41) is 0. The van der Waals surface area contributed by atoms with Gasteiger partial charge in [0.15, 0.2) is 0 Å². The van der Waals surface area contributed by atoms with E-state index in [0.717, 1.165) is 0 Å². The van der Waals surface area contributed by atoms with Crippen molar-refractivity contribution in [2.45, 2.75) is 6.92 Å². The molecule has 0 amide bonds. The van der Waals surface area contributed by atoms with E-state index < -0.39 is 28.5 Å². The van der Waals surface area contributed by atoms with Crippen LogP contribution in [0.2, 0.25) is 0 Å². The second-order valence-corrected chi connectivity index (χ2v) is 3.51. The highest BCUT2D eigenvalue weighted by molar-refractivity contribution is 7.85. The van der Waals surface area contributed by atoms with Crippen molar-refractivity contribution in [3.8, 4) is 0 Å². The zero-order valence-electron chi connectivity index (χ0n) is 5.04. The number of alkyl halides is 1. The van der Waals surface area contributed by atoms with Gasteiger partial charge in [0.25, 0.3) is 10.1 Å². The first-order chi connectivity index (χ1) is 3.95. The summed E-state index contributed by atoms with van der Waals surface area (Å²) in [6.07, 6.45) is 0. The summed E-state index contributed by atoms with van der Waals surface area (Å²) in [7, 11) is -3.98. The van der Waals surface area contributed by atoms with E-state index in [-0.39, 0.29) is 0 Å². The Labute approximate surface area is 53.6 Å². The topological polar surface area (TPSA) is 54.4 Å². The molecule has 5 heteroatoms. The van der Waals surface area contributed by atoms with Crippen molar-refractivity contribution in [3.05, 3.63) is 0 Å². The van der Waals surface area contributed by atoms with E-state index in [9.17, 15) is 12.8 Å². The molecule has 0 aliphatic rings. The summed E-state index contributed by atoms with van der Waals surface area (Å²) < 4.78 is 39.6. The number of hydrogen-bond donors (Lipinski definition) is 1. The largest absolute Gasteiger partial charge is 0.286 e. The Morgan fingerprint density at radius 2 is 2.11 bits per heavy atom. The van der Waals surface area contributed by atoms with Gasteiger partial charge in [0, 0.05) is 5.92 Å². The number of rotatable bonds is 3. The summed E-state index contributed by atoms with van der Waals surface area (Å²) in [5.41, 5.74) is 0. The fraction of sp³-hybridized carbons (Fsp3) is 1.00. The van der Waals surface area contributed by atoms with E-state index >= 15 is 0 Å². The first-order valence-electron chi connectivity index (χ1n) is 2.47. The van der Waals surface area contributed by atoms with Crippen LogP contribution in [-0.4, -0.2) is 25.4 Å². The monoisotopic (exact) mass is 156 g/mol. The average Bonchev–Trinajstić information content (AvgIpc) is 1.62. The van der Waals surface area contributed by atoms with Crippen molar-refractivity contribution < 1.29 is 17.4 Å². The molecule has 0 rings (SSSR count). The molecule has 0 saturated heterocycles. The Balaban J connectivity index is 3.75. The lowest BCUT2D eigenvalue weighted by Gasteiger charge is -2.00. The minimum atomic E-state index is -3.98. The van der Waals surface area contributed by atoms with E-state index in [2.05, 4.69) is 0 Å². The van der Waals surface area contributed by atoms with Gasteiger partial charge in [-0.05, 0) is 0 Å². The van der Waals surface area contributed by atoms with Gasteiger partial charge >= 0.3 is 0 Å². The highest BCUT2D eigenvalue weighted by Crippen LogP contribution is 1.98. The van der Waals surface area contributed by atoms with Crippen molar-refractivity contribution in [2.75, 3.05) is 12.4 Å². The second-order valence-electron chi connectivity index (χ2n) is 2.01. The SMILES string of the molecule is CC(CF)CS(=O)(=O)O. The second kappa shape index (κ2) is 3.12. The predicted molar refractivity (Wildman–Crippen MR) is 31.6 cm³/mol. The molecular weight excluding hydrogens is 147 g/mol. The van der Waals surface area contributed by atoms with Gasteiger partial charge in [0.1, 0.15) is 0 Å². The quantitative estimate of drug-likeness (QED) is 0.604. The fourth-order valence-electron chi connectivity index (χ4n) is 0.404. The number of halogens is 1. The molecular formula is C4H9FO3S. The fourth-order valence-corrected chi connectivity index (χ4v) is 1.21. The van der Waals surface area contributed by atoms with Gasteiger partial charge in [-0.2, -0.15) is 8.42 Å². The smallest absolute Gasteiger partial charge is 0.265 e. The molecule has 56 valence electrons. The Morgan fingerprint density at radius 1 is 1.67 bits per heavy atom. The van der Waals surface area contributed by atoms with E-state index in [1.165, 1.54) is 6.92 Å². The third-order valence-electron chi connectivity index (χ3n) is 0.759. The van der Waals surface area contributed by atoms with Crippen LogP contribution >= 0.6 is 0 Å². The Kier molecular flexibility index (Phi) is 3.07. The molecule has 0 fully saturated rings. The summed E-state index contributed by atoms with van der Waals surface area (Å²) in [4.78, 5) is 0. The molecule has 0 aromatic rings. The maximum Gasteiger partial charge on any atom is 0.265 e. The van der Waals surface area contributed by atoms with Crippen molar-refractivity contribution in [1.82, 2.24) is 0 Å². The summed E-state index contributed by atoms with van der Waals surface area (Å²) in [6, 6.07) is 0. The molecule has 0 spiro atoms. The van der Waals surface area contributed by atoms with E-state index in [1.54, 1.807) is 0 Å². The molecule has 0 aromatic heterocycles. The lowest BCUT2D eigenvalue weighted by Crippen LogP contribution is -2.13. The molecule has 0 aliphatic carbocycles. The van der Waals surface area contributed by atoms with Crippen LogP contribution in [-0.2, 0) is 10.1 Å². The Bertz CT molecular complexity index is 163. The molecule has 0 bridgehead atoms. The Morgan fingerprint density at radius 3 is 2.22 bits per heavy atom. The molecule has 1 N–H and O–H groups in total. The highest BCUT2D eigenvalue weighted by atomic mass is 32.2. The first kappa shape index (κ1) is 8.84. The minimum absolute atomic E-state index is 0.497. The molecule has 1 atom stereocenters. The summed E-state index contributed by atoms with van der Waals surface area (Å²) >= 11 is 0. The van der Waals surface area contributed by atoms with Gasteiger partial charge < -0.3 is 0 Å². The normalized spacial score (nSPS) is 15.4. The average molecular weight is 156 g/mol. The van der Waals surface area contributed by atoms with Gasteiger partial charge in [-0.3, -0.25) is 8.94 Å². The lowest BCUT2D eigenvalue weighted by atomic mass is 10.3. The van der Waals surface area contributed by atoms with Crippen LogP contribution in [0.25, 0.3) is 0 Å². The minimum Gasteiger partial charge on any atom is -0.286 e. The molecule has 9 heavy (non-hydrogen) atoms. The van der Waals surface area contributed by atoms with Crippen molar-refractivity contribution in [2.24, 2.45) is 5.92 Å². The zero-order valence-corrected chi connectivity index (χ0v) is 5.86. The van der Waals surface area contributed by atoms with Gasteiger partial charge in [-0.15, -0.1) is 0 Å². The van der Waals surface area contributed by atoms with Crippen molar-refractivity contribution >= 4 is 10.1 Å². The van der Waals surface area contributed by atoms with Gasteiger partial charge in [0.2, 0.25) is 0 Å². The lowest BCUT2D eigenvalue weighted by molar-refractivity contribution is 0.392. The number of hydrogen-bond acceptors (Lipinski definition) is 2. The van der Waals surface area contributed by atoms with Crippen LogP contribution < -0.4 is 0 Å². The van der Waals surface area contributed by atoms with Crippen LogP contribution in [0.3, 0.4) is 0 Å². The highest BCUT2D eigenvalue weighted by Gasteiger charge is 2.10. The molecule has 0 aliphatic heterocycles. The third kappa shape index (κ3) is 5.72. The summed E-state index contributed by atoms with van der Waals surface area (Å²) in [5.74, 6) is -1.11. The van der Waals surface area contributed by atoms with Crippen LogP contribution in [0.5, 0.6) is 0 Å². The van der Waals surface area contributed by atoms with Crippen LogP contribution in [0.15, 0.2) is 0 Å². The summed E-state index contributed by atoms with van der Waals surface area (Å²) in [6.45, 7) is 0.688. The molecule has 0 radical (unpaired) electrons. The van der Waals surface area contributed by atoms with E-state index in [0.29, 0.717) is 0 Å². The molecule has 0 heterocycles. The van der Waals surface area contributed by atoms with E-state index in [1.807, 2.05) is 0 Å². The molecule has 0 aromatic carbocycles. The van der Waals surface area contributed by atoms with Crippen LogP contribution in [0.1, 0.15) is 6.92 Å². The predicted octanol–water partition coefficient (Wildman–Crippen LogP) is 0.480. The van der Waals surface area contributed by atoms with Crippen LogP contribution in [0.4, 0.5) is 4.39 Å². The molecule has 3 nitrogen and oxygen atoms in total. The van der Waals surface area contributed by atoms with Crippen molar-refractivity contribution in [3.63, 3.8) is 0 Å². The van der Waals surface area contributed by atoms with Crippen LogP contribution in [0, 0.1) is 5.92 Å². The van der Waals surface area contributed by atoms with Gasteiger partial charge in [0.05, 0.1) is 12.4 Å². The maximum atomic E-state index is 11.5. The van der Waals surface area contributed by atoms with Crippen molar-refractivity contribution in [1.29, 1.82) is 0 Å². The maximum absolute atomic E-state index is 11.5. The third-order valence-corrected chi connectivity index (χ3v) is 1.75. The first-order valence-corrected chi connectivity index (χ1v) is 4.07. The van der Waals surface area contributed by atoms with E-state index in [4.69, 9.17) is 4.55 Å². The molecule has 1 unspecified atom stereocenters.